The monoisotopic (exact) mass is 260 g/mol. The van der Waals surface area contributed by atoms with Gasteiger partial charge in [0.25, 0.3) is 0 Å². The molecule has 0 amide bonds. The van der Waals surface area contributed by atoms with E-state index in [2.05, 4.69) is 19.3 Å². The molecule has 5 nitrogen and oxygen atoms in total. The first-order valence-corrected chi connectivity index (χ1v) is 6.90. The third-order valence-electron chi connectivity index (χ3n) is 4.09. The van der Waals surface area contributed by atoms with Crippen LogP contribution in [0.2, 0.25) is 0 Å². The lowest BCUT2D eigenvalue weighted by Crippen LogP contribution is -2.36. The fourth-order valence-electron chi connectivity index (χ4n) is 2.83. The van der Waals surface area contributed by atoms with E-state index in [-0.39, 0.29) is 6.10 Å². The predicted octanol–water partition coefficient (Wildman–Crippen LogP) is 1.32. The van der Waals surface area contributed by atoms with Gasteiger partial charge >= 0.3 is 0 Å². The fourth-order valence-corrected chi connectivity index (χ4v) is 2.83. The van der Waals surface area contributed by atoms with Gasteiger partial charge in [-0.25, -0.2) is 4.98 Å². The van der Waals surface area contributed by atoms with Crippen molar-refractivity contribution in [1.29, 1.82) is 0 Å². The van der Waals surface area contributed by atoms with E-state index >= 15 is 0 Å². The molecule has 1 unspecified atom stereocenters. The maximum absolute atomic E-state index is 9.62. The first-order valence-electron chi connectivity index (χ1n) is 6.90. The molecule has 1 atom stereocenters. The summed E-state index contributed by atoms with van der Waals surface area (Å²) in [5.74, 6) is 0.461. The van der Waals surface area contributed by atoms with Gasteiger partial charge in [-0.05, 0) is 38.8 Å². The third-order valence-corrected chi connectivity index (χ3v) is 4.09. The molecule has 0 bridgehead atoms. The molecule has 1 aliphatic heterocycles. The summed E-state index contributed by atoms with van der Waals surface area (Å²) >= 11 is 0. The maximum atomic E-state index is 9.62. The number of nitrogens with zero attached hydrogens (tertiary/aromatic N) is 4. The summed E-state index contributed by atoms with van der Waals surface area (Å²) in [4.78, 5) is 10.9. The minimum absolute atomic E-state index is 0.177. The molecule has 0 saturated carbocycles. The largest absolute Gasteiger partial charge is 0.393 e. The highest BCUT2D eigenvalue weighted by Gasteiger charge is 2.23. The molecule has 2 aromatic heterocycles. The van der Waals surface area contributed by atoms with E-state index in [4.69, 9.17) is 0 Å². The van der Waals surface area contributed by atoms with Crippen molar-refractivity contribution in [2.45, 2.75) is 32.4 Å². The number of likely N-dealkylation sites (tertiary alicyclic amines) is 1. The molecular weight excluding hydrogens is 240 g/mol. The zero-order valence-corrected chi connectivity index (χ0v) is 11.2. The summed E-state index contributed by atoms with van der Waals surface area (Å²) in [5, 5.41) is 9.62. The number of imidazole rings is 1. The molecule has 102 valence electrons. The Hall–Kier alpha value is -1.46. The molecule has 1 N–H and O–H groups in total. The summed E-state index contributed by atoms with van der Waals surface area (Å²) in [6.45, 7) is 4.91. The van der Waals surface area contributed by atoms with E-state index in [1.165, 1.54) is 5.69 Å². The molecule has 1 saturated heterocycles. The van der Waals surface area contributed by atoms with Crippen LogP contribution in [0.25, 0.3) is 5.65 Å². The van der Waals surface area contributed by atoms with Gasteiger partial charge in [-0.1, -0.05) is 0 Å². The van der Waals surface area contributed by atoms with Crippen LogP contribution in [0.1, 0.15) is 25.5 Å². The lowest BCUT2D eigenvalue weighted by atomic mass is 9.92. The van der Waals surface area contributed by atoms with E-state index in [1.807, 2.05) is 19.3 Å². The topological polar surface area (TPSA) is 53.7 Å². The molecule has 0 spiro atoms. The standard InChI is InChI=1S/C14H20N4O/c1-11(19)12-2-5-17(6-3-12)10-13-8-16-14-9-15-4-7-18(13)14/h4,7-9,11-12,19H,2-3,5-6,10H2,1H3. The molecule has 2 aromatic rings. The molecule has 0 aliphatic carbocycles. The molecule has 5 heteroatoms. The summed E-state index contributed by atoms with van der Waals surface area (Å²) in [6, 6.07) is 0. The molecule has 1 fully saturated rings. The number of aliphatic hydroxyl groups is 1. The maximum Gasteiger partial charge on any atom is 0.155 e. The molecule has 3 heterocycles. The molecule has 19 heavy (non-hydrogen) atoms. The van der Waals surface area contributed by atoms with Gasteiger partial charge in [-0.15, -0.1) is 0 Å². The molecule has 0 aromatic carbocycles. The minimum atomic E-state index is -0.177. The Morgan fingerprint density at radius 2 is 2.16 bits per heavy atom. The van der Waals surface area contributed by atoms with Crippen LogP contribution in [0.4, 0.5) is 0 Å². The average Bonchev–Trinajstić information content (AvgIpc) is 2.83. The highest BCUT2D eigenvalue weighted by atomic mass is 16.3. The van der Waals surface area contributed by atoms with E-state index in [9.17, 15) is 5.11 Å². The second-order valence-corrected chi connectivity index (χ2v) is 5.41. The number of hydrogen-bond donors (Lipinski definition) is 1. The smallest absolute Gasteiger partial charge is 0.155 e. The van der Waals surface area contributed by atoms with Gasteiger partial charge in [-0.2, -0.15) is 0 Å². The average molecular weight is 260 g/mol. The third kappa shape index (κ3) is 2.62. The van der Waals surface area contributed by atoms with E-state index in [1.54, 1.807) is 12.4 Å². The van der Waals surface area contributed by atoms with Crippen molar-refractivity contribution in [2.75, 3.05) is 13.1 Å². The zero-order valence-electron chi connectivity index (χ0n) is 11.2. The van der Waals surface area contributed by atoms with Crippen LogP contribution in [0.5, 0.6) is 0 Å². The van der Waals surface area contributed by atoms with Crippen LogP contribution in [0.3, 0.4) is 0 Å². The van der Waals surface area contributed by atoms with E-state index in [0.717, 1.165) is 38.1 Å². The van der Waals surface area contributed by atoms with Crippen molar-refractivity contribution in [3.63, 3.8) is 0 Å². The molecule has 3 rings (SSSR count). The van der Waals surface area contributed by atoms with E-state index in [0.29, 0.717) is 5.92 Å². The predicted molar refractivity (Wildman–Crippen MR) is 72.7 cm³/mol. The molecule has 1 aliphatic rings. The molecule has 0 radical (unpaired) electrons. The number of fused-ring (bicyclic) bond motifs is 1. The van der Waals surface area contributed by atoms with Crippen molar-refractivity contribution in [3.8, 4) is 0 Å². The number of piperidine rings is 1. The highest BCUT2D eigenvalue weighted by molar-refractivity contribution is 5.36. The first kappa shape index (κ1) is 12.6. The van der Waals surface area contributed by atoms with Gasteiger partial charge in [0.1, 0.15) is 0 Å². The summed E-state index contributed by atoms with van der Waals surface area (Å²) < 4.78 is 2.09. The van der Waals surface area contributed by atoms with Crippen LogP contribution in [0.15, 0.2) is 24.8 Å². The number of rotatable bonds is 3. The number of aromatic nitrogens is 3. The Kier molecular flexibility index (Phi) is 3.48. The minimum Gasteiger partial charge on any atom is -0.393 e. The van der Waals surface area contributed by atoms with Gasteiger partial charge in [0.2, 0.25) is 0 Å². The number of aliphatic hydroxyl groups excluding tert-OH is 1. The summed E-state index contributed by atoms with van der Waals surface area (Å²) in [6.07, 6.45) is 9.44. The van der Waals surface area contributed by atoms with Gasteiger partial charge in [0.05, 0.1) is 24.2 Å². The van der Waals surface area contributed by atoms with Crippen LogP contribution in [-0.4, -0.2) is 43.6 Å². The lowest BCUT2D eigenvalue weighted by Gasteiger charge is -2.33. The SMILES string of the molecule is CC(O)C1CCN(Cc2cnc3cnccn23)CC1. The Morgan fingerprint density at radius 1 is 1.37 bits per heavy atom. The fraction of sp³-hybridized carbons (Fsp3) is 0.571. The van der Waals surface area contributed by atoms with Crippen molar-refractivity contribution in [3.05, 3.63) is 30.5 Å². The summed E-state index contributed by atoms with van der Waals surface area (Å²) in [5.41, 5.74) is 2.10. The van der Waals surface area contributed by atoms with Gasteiger partial charge in [0, 0.05) is 18.9 Å². The van der Waals surface area contributed by atoms with E-state index < -0.39 is 0 Å². The number of hydrogen-bond acceptors (Lipinski definition) is 4. The Balaban J connectivity index is 1.66. The summed E-state index contributed by atoms with van der Waals surface area (Å²) in [7, 11) is 0. The van der Waals surface area contributed by atoms with Crippen LogP contribution >= 0.6 is 0 Å². The second-order valence-electron chi connectivity index (χ2n) is 5.41. The van der Waals surface area contributed by atoms with Crippen molar-refractivity contribution in [2.24, 2.45) is 5.92 Å². The van der Waals surface area contributed by atoms with Crippen LogP contribution < -0.4 is 0 Å². The lowest BCUT2D eigenvalue weighted by molar-refractivity contribution is 0.0691. The van der Waals surface area contributed by atoms with Gasteiger partial charge in [-0.3, -0.25) is 14.3 Å². The van der Waals surface area contributed by atoms with Crippen molar-refractivity contribution < 1.29 is 5.11 Å². The van der Waals surface area contributed by atoms with Crippen LogP contribution in [0, 0.1) is 5.92 Å². The van der Waals surface area contributed by atoms with Gasteiger partial charge < -0.3 is 5.11 Å². The molecular formula is C14H20N4O. The highest BCUT2D eigenvalue weighted by Crippen LogP contribution is 2.21. The second kappa shape index (κ2) is 5.27. The van der Waals surface area contributed by atoms with Crippen molar-refractivity contribution >= 4 is 5.65 Å². The first-order chi connectivity index (χ1) is 9.24. The van der Waals surface area contributed by atoms with Crippen LogP contribution in [-0.2, 0) is 6.54 Å². The quantitative estimate of drug-likeness (QED) is 0.904. The van der Waals surface area contributed by atoms with Gasteiger partial charge in [0.15, 0.2) is 5.65 Å². The van der Waals surface area contributed by atoms with Crippen molar-refractivity contribution in [1.82, 2.24) is 19.3 Å². The Morgan fingerprint density at radius 3 is 2.89 bits per heavy atom. The normalized spacial score (nSPS) is 19.9. The Labute approximate surface area is 112 Å². The Bertz CT molecular complexity index is 543. The zero-order chi connectivity index (χ0) is 13.2.